The smallest absolute Gasteiger partial charge is 0.234 e. The minimum absolute atomic E-state index is 0.0229. The summed E-state index contributed by atoms with van der Waals surface area (Å²) in [6, 6.07) is 18.8. The number of carbonyl (C=O) groups is 1. The number of nitrogens with zero attached hydrogens (tertiary/aromatic N) is 4. The number of carbonyl (C=O) groups excluding carboxylic acids is 1. The van der Waals surface area contributed by atoms with Crippen LogP contribution in [0.2, 0.25) is 0 Å². The molecule has 1 aliphatic rings. The van der Waals surface area contributed by atoms with Crippen molar-refractivity contribution in [1.29, 1.82) is 0 Å². The number of thioether (sulfide) groups is 1. The summed E-state index contributed by atoms with van der Waals surface area (Å²) in [5.74, 6) is 0.320. The molecule has 0 unspecified atom stereocenters. The zero-order chi connectivity index (χ0) is 20.8. The highest BCUT2D eigenvalue weighted by molar-refractivity contribution is 7.99. The summed E-state index contributed by atoms with van der Waals surface area (Å²) >= 11 is 1.43. The maximum absolute atomic E-state index is 12.2. The molecule has 6 nitrogen and oxygen atoms in total. The molecular formula is C23H27N5OS. The van der Waals surface area contributed by atoms with Crippen molar-refractivity contribution in [3.8, 4) is 0 Å². The minimum Gasteiger partial charge on any atom is -0.369 e. The van der Waals surface area contributed by atoms with Crippen molar-refractivity contribution in [1.82, 2.24) is 14.5 Å². The average Bonchev–Trinajstić information content (AvgIpc) is 3.19. The molecule has 1 amide bonds. The molecule has 7 heteroatoms. The molecule has 0 spiro atoms. The Kier molecular flexibility index (Phi) is 6.71. The molecule has 1 N–H and O–H groups in total. The van der Waals surface area contributed by atoms with Gasteiger partial charge in [0.25, 0.3) is 0 Å². The highest BCUT2D eigenvalue weighted by atomic mass is 32.2. The molecule has 30 heavy (non-hydrogen) atoms. The number of amides is 1. The first-order valence-electron chi connectivity index (χ1n) is 10.2. The Hall–Kier alpha value is -2.77. The van der Waals surface area contributed by atoms with Gasteiger partial charge in [-0.1, -0.05) is 42.1 Å². The molecular weight excluding hydrogens is 394 g/mol. The van der Waals surface area contributed by atoms with Crippen LogP contribution in [0.1, 0.15) is 5.56 Å². The van der Waals surface area contributed by atoms with Gasteiger partial charge in [0.15, 0.2) is 5.16 Å². The molecule has 4 rings (SSSR count). The third-order valence-electron chi connectivity index (χ3n) is 5.25. The number of hydrogen-bond donors (Lipinski definition) is 1. The van der Waals surface area contributed by atoms with E-state index < -0.39 is 0 Å². The van der Waals surface area contributed by atoms with E-state index in [1.165, 1.54) is 23.0 Å². The van der Waals surface area contributed by atoms with Crippen LogP contribution in [0.3, 0.4) is 0 Å². The van der Waals surface area contributed by atoms with Gasteiger partial charge in [-0.2, -0.15) is 0 Å². The van der Waals surface area contributed by atoms with Crippen LogP contribution in [0.25, 0.3) is 0 Å². The SMILES string of the molecule is Cn1ccnc1SCC(=O)Nc1ccc(N2CCN(Cc3ccccc3)CC2)cc1. The van der Waals surface area contributed by atoms with E-state index in [1.54, 1.807) is 6.20 Å². The van der Waals surface area contributed by atoms with Crippen LogP contribution in [0.15, 0.2) is 72.1 Å². The van der Waals surface area contributed by atoms with Crippen LogP contribution in [0.5, 0.6) is 0 Å². The lowest BCUT2D eigenvalue weighted by Crippen LogP contribution is -2.45. The van der Waals surface area contributed by atoms with Crippen molar-refractivity contribution >= 4 is 29.0 Å². The van der Waals surface area contributed by atoms with Crippen LogP contribution < -0.4 is 10.2 Å². The Balaban J connectivity index is 1.23. The first-order valence-corrected chi connectivity index (χ1v) is 11.2. The standard InChI is InChI=1S/C23H27N5OS/c1-26-12-11-24-23(26)30-18-22(29)25-20-7-9-21(10-8-20)28-15-13-27(14-16-28)17-19-5-3-2-4-6-19/h2-12H,13-18H2,1H3,(H,25,29). The number of imidazole rings is 1. The van der Waals surface area contributed by atoms with E-state index >= 15 is 0 Å². The van der Waals surface area contributed by atoms with E-state index in [0.29, 0.717) is 5.75 Å². The molecule has 1 saturated heterocycles. The Bertz CT molecular complexity index is 949. The van der Waals surface area contributed by atoms with Gasteiger partial charge < -0.3 is 14.8 Å². The van der Waals surface area contributed by atoms with Crippen LogP contribution >= 0.6 is 11.8 Å². The molecule has 0 bridgehead atoms. The molecule has 0 atom stereocenters. The van der Waals surface area contributed by atoms with Crippen molar-refractivity contribution in [2.24, 2.45) is 7.05 Å². The highest BCUT2D eigenvalue weighted by Crippen LogP contribution is 2.21. The summed E-state index contributed by atoms with van der Waals surface area (Å²) < 4.78 is 1.91. The number of benzene rings is 2. The summed E-state index contributed by atoms with van der Waals surface area (Å²) in [6.07, 6.45) is 3.61. The van der Waals surface area contributed by atoms with Crippen LogP contribution in [-0.2, 0) is 18.4 Å². The quantitative estimate of drug-likeness (QED) is 0.592. The second-order valence-electron chi connectivity index (χ2n) is 7.45. The zero-order valence-corrected chi connectivity index (χ0v) is 18.0. The summed E-state index contributed by atoms with van der Waals surface area (Å²) in [6.45, 7) is 5.14. The predicted octanol–water partition coefficient (Wildman–Crippen LogP) is 3.47. The van der Waals surface area contributed by atoms with Crippen LogP contribution in [-0.4, -0.2) is 52.3 Å². The number of piperazine rings is 1. The first-order chi connectivity index (χ1) is 14.7. The lowest BCUT2D eigenvalue weighted by Gasteiger charge is -2.36. The Morgan fingerprint density at radius 1 is 1.03 bits per heavy atom. The Morgan fingerprint density at radius 2 is 1.77 bits per heavy atom. The lowest BCUT2D eigenvalue weighted by molar-refractivity contribution is -0.113. The third-order valence-corrected chi connectivity index (χ3v) is 6.30. The third kappa shape index (κ3) is 5.43. The number of aromatic nitrogens is 2. The number of anilines is 2. The Morgan fingerprint density at radius 3 is 2.43 bits per heavy atom. The number of rotatable bonds is 7. The fourth-order valence-electron chi connectivity index (χ4n) is 3.58. The maximum Gasteiger partial charge on any atom is 0.234 e. The molecule has 1 aliphatic heterocycles. The second kappa shape index (κ2) is 9.82. The van der Waals surface area contributed by atoms with Gasteiger partial charge in [0.05, 0.1) is 5.75 Å². The monoisotopic (exact) mass is 421 g/mol. The van der Waals surface area contributed by atoms with E-state index in [2.05, 4.69) is 62.6 Å². The molecule has 1 fully saturated rings. The molecule has 1 aromatic heterocycles. The van der Waals surface area contributed by atoms with Crippen molar-refractivity contribution in [3.05, 3.63) is 72.6 Å². The molecule has 3 aromatic rings. The molecule has 0 radical (unpaired) electrons. The fourth-order valence-corrected chi connectivity index (χ4v) is 4.31. The van der Waals surface area contributed by atoms with E-state index in [9.17, 15) is 4.79 Å². The van der Waals surface area contributed by atoms with Crippen LogP contribution in [0.4, 0.5) is 11.4 Å². The van der Waals surface area contributed by atoms with Gasteiger partial charge in [0, 0.05) is 63.5 Å². The molecule has 2 aromatic carbocycles. The second-order valence-corrected chi connectivity index (χ2v) is 8.40. The van der Waals surface area contributed by atoms with Crippen molar-refractivity contribution in [2.75, 3.05) is 42.1 Å². The maximum atomic E-state index is 12.2. The molecule has 0 saturated carbocycles. The fraction of sp³-hybridized carbons (Fsp3) is 0.304. The van der Waals surface area contributed by atoms with E-state index in [0.717, 1.165) is 43.6 Å². The van der Waals surface area contributed by atoms with Gasteiger partial charge in [-0.3, -0.25) is 9.69 Å². The topological polar surface area (TPSA) is 53.4 Å². The zero-order valence-electron chi connectivity index (χ0n) is 17.2. The van der Waals surface area contributed by atoms with Gasteiger partial charge in [-0.15, -0.1) is 0 Å². The highest BCUT2D eigenvalue weighted by Gasteiger charge is 2.17. The van der Waals surface area contributed by atoms with E-state index in [1.807, 2.05) is 29.9 Å². The molecule has 2 heterocycles. The number of hydrogen-bond acceptors (Lipinski definition) is 5. The lowest BCUT2D eigenvalue weighted by atomic mass is 10.2. The van der Waals surface area contributed by atoms with Gasteiger partial charge >= 0.3 is 0 Å². The van der Waals surface area contributed by atoms with E-state index in [4.69, 9.17) is 0 Å². The minimum atomic E-state index is -0.0229. The van der Waals surface area contributed by atoms with Gasteiger partial charge in [-0.05, 0) is 29.8 Å². The Labute approximate surface area is 181 Å². The number of aryl methyl sites for hydroxylation is 1. The largest absolute Gasteiger partial charge is 0.369 e. The van der Waals surface area contributed by atoms with Gasteiger partial charge in [-0.25, -0.2) is 4.98 Å². The summed E-state index contributed by atoms with van der Waals surface area (Å²) in [4.78, 5) is 21.3. The average molecular weight is 422 g/mol. The normalized spacial score (nSPS) is 14.6. The predicted molar refractivity (Wildman–Crippen MR) is 123 cm³/mol. The van der Waals surface area contributed by atoms with Crippen molar-refractivity contribution in [3.63, 3.8) is 0 Å². The van der Waals surface area contributed by atoms with Crippen LogP contribution in [0, 0.1) is 0 Å². The van der Waals surface area contributed by atoms with Crippen molar-refractivity contribution in [2.45, 2.75) is 11.7 Å². The molecule has 0 aliphatic carbocycles. The molecule has 156 valence electrons. The summed E-state index contributed by atoms with van der Waals surface area (Å²) in [5.41, 5.74) is 3.40. The van der Waals surface area contributed by atoms with Gasteiger partial charge in [0.1, 0.15) is 0 Å². The van der Waals surface area contributed by atoms with Crippen molar-refractivity contribution < 1.29 is 4.79 Å². The number of nitrogens with one attached hydrogen (secondary N) is 1. The first kappa shape index (κ1) is 20.5. The van der Waals surface area contributed by atoms with E-state index in [-0.39, 0.29) is 5.91 Å². The summed E-state index contributed by atoms with van der Waals surface area (Å²) in [5, 5.41) is 3.80. The van der Waals surface area contributed by atoms with Gasteiger partial charge in [0.2, 0.25) is 5.91 Å². The summed E-state index contributed by atoms with van der Waals surface area (Å²) in [7, 11) is 1.92.